The van der Waals surface area contributed by atoms with Crippen molar-refractivity contribution in [2.24, 2.45) is 64.1 Å². The third-order valence-corrected chi connectivity index (χ3v) is 18.7. The quantitative estimate of drug-likeness (QED) is 0.0806. The molecule has 7 saturated carbocycles. The molecule has 0 saturated heterocycles. The van der Waals surface area contributed by atoms with Crippen molar-refractivity contribution in [2.75, 3.05) is 26.8 Å². The van der Waals surface area contributed by atoms with Crippen LogP contribution in [0.1, 0.15) is 129 Å². The Morgan fingerprint density at radius 1 is 0.945 bits per heavy atom. The van der Waals surface area contributed by atoms with Crippen LogP contribution in [0.15, 0.2) is 23.3 Å². The van der Waals surface area contributed by atoms with Crippen molar-refractivity contribution in [2.45, 2.75) is 158 Å². The summed E-state index contributed by atoms with van der Waals surface area (Å²) < 4.78 is 11.4. The van der Waals surface area contributed by atoms with E-state index >= 15 is 0 Å². The summed E-state index contributed by atoms with van der Waals surface area (Å²) in [5.41, 5.74) is -4.60. The Bertz CT molecular complexity index is 1550. The average molecular weight is 764 g/mol. The molecule has 5 N–H and O–H groups in total. The third-order valence-electron chi connectivity index (χ3n) is 18.7. The molecule has 8 aliphatic carbocycles. The number of carbonyl (C=O) groups excluding carboxylic acids is 2. The first-order chi connectivity index (χ1) is 26.5. The van der Waals surface area contributed by atoms with Crippen LogP contribution in [0.25, 0.3) is 0 Å². The molecule has 14 atom stereocenters. The standard InChI is InChI=1S/C46H69NO8/c1-28(29-9-6-7-10-29)30-13-14-36-37(49)15-17-42(27-48)38-16-18-43(33-11-4-3-5-12-33)40-31(24-45(43,52)44(38,51)25-34(22-30)46(36,42)53)21-32(26-47-19-8-20-54-2)41-35(40)23-39(50)55-41/h21,23,27-31,33-34,36-38,40-41,47,49,51-53H,3-20,22,24-26H2,1-2H3. The number of rotatable bonds is 10. The molecular weight excluding hydrogens is 695 g/mol. The van der Waals surface area contributed by atoms with Crippen LogP contribution in [-0.2, 0) is 19.1 Å². The molecule has 9 rings (SSSR count). The van der Waals surface area contributed by atoms with Gasteiger partial charge in [0.1, 0.15) is 18.0 Å². The summed E-state index contributed by atoms with van der Waals surface area (Å²) in [6.45, 7) is 4.39. The van der Waals surface area contributed by atoms with E-state index in [1.807, 2.05) is 0 Å². The van der Waals surface area contributed by atoms with Crippen LogP contribution < -0.4 is 5.32 Å². The normalized spacial score (nSPS) is 48.7. The Balaban J connectivity index is 1.16. The molecular formula is C46H69NO8. The Kier molecular flexibility index (Phi) is 10.1. The van der Waals surface area contributed by atoms with Crippen molar-refractivity contribution in [3.8, 4) is 0 Å². The van der Waals surface area contributed by atoms with Gasteiger partial charge in [-0.3, -0.25) is 0 Å². The molecule has 9 nitrogen and oxygen atoms in total. The predicted octanol–water partition coefficient (Wildman–Crippen LogP) is 5.81. The zero-order valence-electron chi connectivity index (χ0n) is 33.6. The molecule has 0 amide bonds. The lowest BCUT2D eigenvalue weighted by atomic mass is 9.35. The van der Waals surface area contributed by atoms with Crippen molar-refractivity contribution in [1.82, 2.24) is 5.32 Å². The highest BCUT2D eigenvalue weighted by Crippen LogP contribution is 2.78. The molecule has 0 aromatic heterocycles. The topological polar surface area (TPSA) is 146 Å². The van der Waals surface area contributed by atoms with E-state index in [1.165, 1.54) is 25.7 Å². The highest BCUT2D eigenvalue weighted by molar-refractivity contribution is 5.87. The molecule has 9 heteroatoms. The maximum atomic E-state index is 14.2. The van der Waals surface area contributed by atoms with Crippen molar-refractivity contribution in [3.05, 3.63) is 23.3 Å². The van der Waals surface area contributed by atoms with Crippen LogP contribution in [0, 0.1) is 64.1 Å². The second kappa shape index (κ2) is 14.3. The van der Waals surface area contributed by atoms with Crippen LogP contribution >= 0.6 is 0 Å². The lowest BCUT2D eigenvalue weighted by molar-refractivity contribution is -0.349. The van der Waals surface area contributed by atoms with Gasteiger partial charge in [-0.15, -0.1) is 0 Å². The summed E-state index contributed by atoms with van der Waals surface area (Å²) in [4.78, 5) is 27.3. The Morgan fingerprint density at radius 3 is 2.45 bits per heavy atom. The molecule has 0 spiro atoms. The average Bonchev–Trinajstić information content (AvgIpc) is 3.89. The molecule has 306 valence electrons. The molecule has 1 aliphatic heterocycles. The van der Waals surface area contributed by atoms with Gasteiger partial charge in [-0.25, -0.2) is 4.79 Å². The number of fused-ring (bicyclic) bond motifs is 8. The van der Waals surface area contributed by atoms with Gasteiger partial charge in [0.15, 0.2) is 0 Å². The Morgan fingerprint density at radius 2 is 1.71 bits per heavy atom. The number of methoxy groups -OCH3 is 1. The summed E-state index contributed by atoms with van der Waals surface area (Å²) in [6.07, 6.45) is 19.7. The lowest BCUT2D eigenvalue weighted by Gasteiger charge is -2.72. The maximum Gasteiger partial charge on any atom is 0.331 e. The van der Waals surface area contributed by atoms with Gasteiger partial charge >= 0.3 is 5.97 Å². The number of aliphatic hydroxyl groups excluding tert-OH is 1. The van der Waals surface area contributed by atoms with Gasteiger partial charge < -0.3 is 40.0 Å². The Labute approximate surface area is 328 Å². The van der Waals surface area contributed by atoms with Crippen LogP contribution in [0.3, 0.4) is 0 Å². The fourth-order valence-electron chi connectivity index (χ4n) is 16.5. The number of ether oxygens (including phenoxy) is 2. The molecule has 1 heterocycles. The van der Waals surface area contributed by atoms with E-state index in [0.29, 0.717) is 75.9 Å². The summed E-state index contributed by atoms with van der Waals surface area (Å²) in [5, 5.41) is 57.0. The van der Waals surface area contributed by atoms with Gasteiger partial charge in [-0.2, -0.15) is 0 Å². The van der Waals surface area contributed by atoms with Crippen molar-refractivity contribution >= 4 is 12.3 Å². The second-order valence-electron chi connectivity index (χ2n) is 20.4. The first-order valence-electron chi connectivity index (χ1n) is 22.6. The number of hydrogen-bond donors (Lipinski definition) is 5. The van der Waals surface area contributed by atoms with Crippen LogP contribution in [0.4, 0.5) is 0 Å². The van der Waals surface area contributed by atoms with E-state index in [-0.39, 0.29) is 30.1 Å². The number of hydrogen-bond acceptors (Lipinski definition) is 9. The van der Waals surface area contributed by atoms with Crippen LogP contribution in [-0.4, -0.2) is 88.5 Å². The molecule has 0 bridgehead atoms. The second-order valence-corrected chi connectivity index (χ2v) is 20.4. The molecule has 14 unspecified atom stereocenters. The first-order valence-corrected chi connectivity index (χ1v) is 22.6. The monoisotopic (exact) mass is 764 g/mol. The van der Waals surface area contributed by atoms with E-state index in [4.69, 9.17) is 9.47 Å². The summed E-state index contributed by atoms with van der Waals surface area (Å²) in [5.74, 6) is -0.481. The van der Waals surface area contributed by atoms with E-state index in [2.05, 4.69) is 18.3 Å². The van der Waals surface area contributed by atoms with Crippen molar-refractivity contribution in [3.63, 3.8) is 0 Å². The van der Waals surface area contributed by atoms with Crippen molar-refractivity contribution < 1.29 is 39.5 Å². The number of allylic oxidation sites excluding steroid dienone is 1. The molecule has 55 heavy (non-hydrogen) atoms. The van der Waals surface area contributed by atoms with Crippen LogP contribution in [0.2, 0.25) is 0 Å². The molecule has 0 aromatic rings. The molecule has 0 radical (unpaired) electrons. The van der Waals surface area contributed by atoms with E-state index in [1.54, 1.807) is 13.2 Å². The predicted molar refractivity (Wildman–Crippen MR) is 207 cm³/mol. The third kappa shape index (κ3) is 5.37. The SMILES string of the molecule is COCCCNCC1=CC2CC3(O)C4(O)CC5CC(C(C)C6CCCC6)CCC6C(O)CCC(C=O)(C4CCC3(C3CCCCC3)C2C2=CC(=O)OC12)C56O. The van der Waals surface area contributed by atoms with Gasteiger partial charge in [-0.05, 0) is 136 Å². The highest BCUT2D eigenvalue weighted by atomic mass is 16.5. The minimum atomic E-state index is -1.62. The number of carbonyl (C=O) groups is 2. The fraction of sp³-hybridized carbons (Fsp3) is 0.870. The molecule has 9 aliphatic rings. The zero-order chi connectivity index (χ0) is 38.4. The smallest absolute Gasteiger partial charge is 0.331 e. The van der Waals surface area contributed by atoms with Gasteiger partial charge in [0.25, 0.3) is 0 Å². The number of nitrogens with one attached hydrogen (secondary N) is 1. The minimum absolute atomic E-state index is 0.0966. The largest absolute Gasteiger partial charge is 0.450 e. The first kappa shape index (κ1) is 38.9. The molecule has 0 aromatic carbocycles. The minimum Gasteiger partial charge on any atom is -0.450 e. The van der Waals surface area contributed by atoms with Gasteiger partial charge in [0.05, 0.1) is 22.7 Å². The zero-order valence-corrected chi connectivity index (χ0v) is 33.6. The van der Waals surface area contributed by atoms with Gasteiger partial charge in [0, 0.05) is 43.6 Å². The number of aliphatic hydroxyl groups is 4. The lowest BCUT2D eigenvalue weighted by Crippen LogP contribution is -2.81. The maximum absolute atomic E-state index is 14.2. The summed E-state index contributed by atoms with van der Waals surface area (Å²) in [7, 11) is 1.70. The van der Waals surface area contributed by atoms with Crippen molar-refractivity contribution in [1.29, 1.82) is 0 Å². The van der Waals surface area contributed by atoms with E-state index < -0.39 is 57.6 Å². The number of esters is 1. The van der Waals surface area contributed by atoms with Gasteiger partial charge in [0.2, 0.25) is 0 Å². The highest BCUT2D eigenvalue weighted by Gasteiger charge is 2.83. The summed E-state index contributed by atoms with van der Waals surface area (Å²) in [6, 6.07) is 0. The molecule has 7 fully saturated rings. The van der Waals surface area contributed by atoms with Crippen LogP contribution in [0.5, 0.6) is 0 Å². The summed E-state index contributed by atoms with van der Waals surface area (Å²) >= 11 is 0. The number of aldehydes is 1. The van der Waals surface area contributed by atoms with E-state index in [9.17, 15) is 30.0 Å². The Hall–Kier alpha value is -1.62. The fourth-order valence-corrected chi connectivity index (χ4v) is 16.5. The van der Waals surface area contributed by atoms with Gasteiger partial charge in [-0.1, -0.05) is 57.9 Å². The van der Waals surface area contributed by atoms with E-state index in [0.717, 1.165) is 68.9 Å².